The highest BCUT2D eigenvalue weighted by atomic mass is 127. The van der Waals surface area contributed by atoms with Crippen molar-refractivity contribution in [3.8, 4) is 0 Å². The van der Waals surface area contributed by atoms with Crippen LogP contribution < -0.4 is 11.1 Å². The van der Waals surface area contributed by atoms with E-state index in [-0.39, 0.29) is 24.4 Å². The molecule has 0 aliphatic heterocycles. The Morgan fingerprint density at radius 1 is 1.56 bits per heavy atom. The van der Waals surface area contributed by atoms with Crippen LogP contribution in [0.3, 0.4) is 0 Å². The summed E-state index contributed by atoms with van der Waals surface area (Å²) >= 11 is 2.16. The fourth-order valence-corrected chi connectivity index (χ4v) is 1.75. The Labute approximate surface area is 116 Å². The number of carbonyl (C=O) groups is 1. The van der Waals surface area contributed by atoms with Gasteiger partial charge in [0.25, 0.3) is 5.91 Å². The molecule has 1 aromatic rings. The zero-order valence-corrected chi connectivity index (χ0v) is 12.3. The molecule has 0 radical (unpaired) electrons. The minimum atomic E-state index is -0.0546. The van der Waals surface area contributed by atoms with Gasteiger partial charge in [-0.3, -0.25) is 4.79 Å². The third kappa shape index (κ3) is 4.27. The molecule has 1 rings (SSSR count). The number of carbonyl (C=O) groups excluding carboxylic acids is 1. The number of aryl methyl sites for hydroxylation is 1. The first-order valence-electron chi connectivity index (χ1n) is 4.81. The van der Waals surface area contributed by atoms with E-state index in [4.69, 9.17) is 5.73 Å². The Morgan fingerprint density at radius 3 is 2.75 bits per heavy atom. The summed E-state index contributed by atoms with van der Waals surface area (Å²) in [6.07, 6.45) is 0. The van der Waals surface area contributed by atoms with E-state index >= 15 is 0 Å². The third-order valence-electron chi connectivity index (χ3n) is 2.10. The van der Waals surface area contributed by atoms with Gasteiger partial charge in [0.05, 0.1) is 5.56 Å². The average Bonchev–Trinajstić information content (AvgIpc) is 2.21. The first kappa shape index (κ1) is 15.7. The van der Waals surface area contributed by atoms with Gasteiger partial charge in [-0.15, -0.1) is 12.4 Å². The molecule has 1 aromatic carbocycles. The van der Waals surface area contributed by atoms with Crippen LogP contribution >= 0.6 is 35.0 Å². The van der Waals surface area contributed by atoms with Crippen molar-refractivity contribution in [3.63, 3.8) is 0 Å². The molecule has 0 aromatic heterocycles. The highest BCUT2D eigenvalue weighted by Gasteiger charge is 2.11. The first-order valence-corrected chi connectivity index (χ1v) is 5.89. The van der Waals surface area contributed by atoms with Crippen molar-refractivity contribution in [2.24, 2.45) is 5.73 Å². The van der Waals surface area contributed by atoms with Crippen LogP contribution in [0.2, 0.25) is 0 Å². The van der Waals surface area contributed by atoms with Gasteiger partial charge in [-0.25, -0.2) is 0 Å². The van der Waals surface area contributed by atoms with Gasteiger partial charge in [0.15, 0.2) is 0 Å². The van der Waals surface area contributed by atoms with Crippen molar-refractivity contribution in [1.29, 1.82) is 0 Å². The van der Waals surface area contributed by atoms with Gasteiger partial charge < -0.3 is 11.1 Å². The summed E-state index contributed by atoms with van der Waals surface area (Å²) in [6.45, 7) is 4.31. The second-order valence-corrected chi connectivity index (χ2v) is 4.76. The fraction of sp³-hybridized carbons (Fsp3) is 0.364. The molecule has 3 N–H and O–H groups in total. The highest BCUT2D eigenvalue weighted by molar-refractivity contribution is 14.1. The molecule has 0 saturated carbocycles. The maximum absolute atomic E-state index is 11.8. The van der Waals surface area contributed by atoms with Crippen molar-refractivity contribution in [2.75, 3.05) is 6.54 Å². The van der Waals surface area contributed by atoms with Crippen LogP contribution in [0.5, 0.6) is 0 Å². The van der Waals surface area contributed by atoms with Gasteiger partial charge in [-0.05, 0) is 48.6 Å². The van der Waals surface area contributed by atoms with Crippen molar-refractivity contribution in [3.05, 3.63) is 32.9 Å². The fourth-order valence-electron chi connectivity index (χ4n) is 1.17. The largest absolute Gasteiger partial charge is 0.348 e. The smallest absolute Gasteiger partial charge is 0.252 e. The van der Waals surface area contributed by atoms with E-state index in [0.717, 1.165) is 14.7 Å². The Bertz CT molecular complexity index is 371. The molecule has 1 atom stereocenters. The number of halogens is 2. The van der Waals surface area contributed by atoms with E-state index in [2.05, 4.69) is 27.9 Å². The molecular weight excluding hydrogens is 338 g/mol. The van der Waals surface area contributed by atoms with Gasteiger partial charge in [-0.2, -0.15) is 0 Å². The van der Waals surface area contributed by atoms with Gasteiger partial charge in [-0.1, -0.05) is 11.6 Å². The lowest BCUT2D eigenvalue weighted by Gasteiger charge is -2.12. The molecule has 0 spiro atoms. The van der Waals surface area contributed by atoms with E-state index < -0.39 is 0 Å². The number of benzene rings is 1. The van der Waals surface area contributed by atoms with E-state index in [1.165, 1.54) is 0 Å². The predicted molar refractivity (Wildman–Crippen MR) is 77.1 cm³/mol. The molecule has 0 heterocycles. The summed E-state index contributed by atoms with van der Waals surface area (Å²) < 4.78 is 0.958. The topological polar surface area (TPSA) is 55.1 Å². The third-order valence-corrected chi connectivity index (χ3v) is 3.04. The molecular formula is C11H16ClIN2O. The minimum Gasteiger partial charge on any atom is -0.348 e. The lowest BCUT2D eigenvalue weighted by molar-refractivity contribution is 0.0940. The number of nitrogens with one attached hydrogen (secondary N) is 1. The Morgan fingerprint density at radius 2 is 2.19 bits per heavy atom. The number of rotatable bonds is 3. The summed E-state index contributed by atoms with van der Waals surface area (Å²) in [5, 5.41) is 2.85. The van der Waals surface area contributed by atoms with E-state index in [9.17, 15) is 4.79 Å². The second-order valence-electron chi connectivity index (χ2n) is 3.59. The van der Waals surface area contributed by atoms with Gasteiger partial charge in [0.1, 0.15) is 0 Å². The van der Waals surface area contributed by atoms with E-state index in [1.807, 2.05) is 32.0 Å². The van der Waals surface area contributed by atoms with Gasteiger partial charge in [0, 0.05) is 16.2 Å². The highest BCUT2D eigenvalue weighted by Crippen LogP contribution is 2.14. The molecule has 0 bridgehead atoms. The number of nitrogens with two attached hydrogens (primary N) is 1. The van der Waals surface area contributed by atoms with Crippen LogP contribution in [0.4, 0.5) is 0 Å². The number of hydrogen-bond acceptors (Lipinski definition) is 2. The number of amides is 1. The summed E-state index contributed by atoms with van der Waals surface area (Å²) in [7, 11) is 0. The van der Waals surface area contributed by atoms with Crippen LogP contribution in [-0.2, 0) is 0 Å². The van der Waals surface area contributed by atoms with Crippen molar-refractivity contribution in [1.82, 2.24) is 5.32 Å². The normalized spacial score (nSPS) is 11.5. The van der Waals surface area contributed by atoms with Crippen LogP contribution in [0.15, 0.2) is 18.2 Å². The van der Waals surface area contributed by atoms with Crippen LogP contribution in [-0.4, -0.2) is 18.5 Å². The molecule has 3 nitrogen and oxygen atoms in total. The lowest BCUT2D eigenvalue weighted by Crippen LogP contribution is -2.38. The molecule has 0 saturated heterocycles. The molecule has 0 aliphatic carbocycles. The molecule has 1 amide bonds. The summed E-state index contributed by atoms with van der Waals surface area (Å²) in [6, 6.07) is 5.83. The van der Waals surface area contributed by atoms with Crippen LogP contribution in [0, 0.1) is 10.5 Å². The van der Waals surface area contributed by atoms with Gasteiger partial charge in [0.2, 0.25) is 0 Å². The van der Waals surface area contributed by atoms with Gasteiger partial charge >= 0.3 is 0 Å². The standard InChI is InChI=1S/C11H15IN2O.ClH/c1-7-3-4-10(12)9(5-7)11(15)14-8(2)6-13;/h3-5,8H,6,13H2,1-2H3,(H,14,15);1H/t8-;/m0./s1. The quantitative estimate of drug-likeness (QED) is 0.817. The molecule has 16 heavy (non-hydrogen) atoms. The summed E-state index contributed by atoms with van der Waals surface area (Å²) in [4.78, 5) is 11.8. The maximum atomic E-state index is 11.8. The van der Waals surface area contributed by atoms with Crippen molar-refractivity contribution >= 4 is 40.9 Å². The number of hydrogen-bond donors (Lipinski definition) is 2. The molecule has 90 valence electrons. The Kier molecular flexibility index (Phi) is 6.94. The van der Waals surface area contributed by atoms with Crippen molar-refractivity contribution in [2.45, 2.75) is 19.9 Å². The molecule has 0 unspecified atom stereocenters. The second kappa shape index (κ2) is 7.09. The van der Waals surface area contributed by atoms with E-state index in [1.54, 1.807) is 0 Å². The molecule has 0 fully saturated rings. The zero-order chi connectivity index (χ0) is 11.4. The lowest BCUT2D eigenvalue weighted by atomic mass is 10.1. The monoisotopic (exact) mass is 354 g/mol. The van der Waals surface area contributed by atoms with Crippen LogP contribution in [0.1, 0.15) is 22.8 Å². The molecule has 5 heteroatoms. The average molecular weight is 355 g/mol. The summed E-state index contributed by atoms with van der Waals surface area (Å²) in [5.74, 6) is -0.0546. The van der Waals surface area contributed by atoms with E-state index in [0.29, 0.717) is 6.54 Å². The van der Waals surface area contributed by atoms with Crippen molar-refractivity contribution < 1.29 is 4.79 Å². The molecule has 0 aliphatic rings. The first-order chi connectivity index (χ1) is 7.04. The SMILES string of the molecule is Cc1ccc(I)c(C(=O)N[C@@H](C)CN)c1.Cl. The predicted octanol–water partition coefficient (Wildman–Crippen LogP) is 2.10. The summed E-state index contributed by atoms with van der Waals surface area (Å²) in [5.41, 5.74) is 7.25. The van der Waals surface area contributed by atoms with Crippen LogP contribution in [0.25, 0.3) is 0 Å². The zero-order valence-electron chi connectivity index (χ0n) is 9.29. The minimum absolute atomic E-state index is 0. The maximum Gasteiger partial charge on any atom is 0.252 e. The Hall–Kier alpha value is -0.330. The Balaban J connectivity index is 0.00000225.